The van der Waals surface area contributed by atoms with Crippen LogP contribution in [0.2, 0.25) is 5.02 Å². The lowest BCUT2D eigenvalue weighted by atomic mass is 9.95. The van der Waals surface area contributed by atoms with Crippen molar-refractivity contribution in [2.75, 3.05) is 19.8 Å². The monoisotopic (exact) mass is 443 g/mol. The molecule has 2 aromatic rings. The lowest BCUT2D eigenvalue weighted by Crippen LogP contribution is -2.33. The lowest BCUT2D eigenvalue weighted by Gasteiger charge is -2.25. The molecule has 0 spiro atoms. The minimum Gasteiger partial charge on any atom is -0.507 e. The number of amides is 1. The fraction of sp³-hybridized carbons (Fsp3) is 0.333. The van der Waals surface area contributed by atoms with Crippen molar-refractivity contribution in [3.63, 3.8) is 0 Å². The number of carbonyl (C=O) groups is 2. The Balaban J connectivity index is 2.08. The van der Waals surface area contributed by atoms with Crippen LogP contribution in [0.4, 0.5) is 0 Å². The average molecular weight is 444 g/mol. The first kappa shape index (κ1) is 22.8. The predicted molar refractivity (Wildman–Crippen MR) is 119 cm³/mol. The second kappa shape index (κ2) is 9.98. The minimum atomic E-state index is -0.747. The molecule has 1 saturated heterocycles. The Morgan fingerprint density at radius 3 is 2.52 bits per heavy atom. The molecule has 0 saturated carbocycles. The van der Waals surface area contributed by atoms with Gasteiger partial charge in [0, 0.05) is 17.1 Å². The number of hydrogen-bond donors (Lipinski definition) is 1. The summed E-state index contributed by atoms with van der Waals surface area (Å²) in [6, 6.07) is 12.9. The zero-order chi connectivity index (χ0) is 22.5. The van der Waals surface area contributed by atoms with Crippen molar-refractivity contribution >= 4 is 29.1 Å². The Morgan fingerprint density at radius 2 is 1.87 bits per heavy atom. The third kappa shape index (κ3) is 5.09. The quantitative estimate of drug-likeness (QED) is 0.367. The van der Waals surface area contributed by atoms with Gasteiger partial charge >= 0.3 is 0 Å². The normalized spacial score (nSPS) is 18.1. The smallest absolute Gasteiger partial charge is 0.295 e. The third-order valence-corrected chi connectivity index (χ3v) is 5.18. The number of hydrogen-bond acceptors (Lipinski definition) is 5. The highest BCUT2D eigenvalue weighted by molar-refractivity contribution is 6.46. The molecule has 1 fully saturated rings. The highest BCUT2D eigenvalue weighted by atomic mass is 35.5. The minimum absolute atomic E-state index is 0.00731. The van der Waals surface area contributed by atoms with Crippen LogP contribution in [0.1, 0.15) is 37.9 Å². The Kier molecular flexibility index (Phi) is 7.36. The number of likely N-dealkylation sites (tertiary alicyclic amines) is 1. The number of carbonyl (C=O) groups excluding carboxylic acids is 2. The topological polar surface area (TPSA) is 76.1 Å². The molecule has 6 nitrogen and oxygen atoms in total. The Hall–Kier alpha value is -2.83. The van der Waals surface area contributed by atoms with Gasteiger partial charge in [-0.25, -0.2) is 0 Å². The maximum Gasteiger partial charge on any atom is 0.295 e. The van der Waals surface area contributed by atoms with Crippen molar-refractivity contribution in [2.45, 2.75) is 32.9 Å². The molecule has 1 atom stereocenters. The van der Waals surface area contributed by atoms with Gasteiger partial charge in [-0.1, -0.05) is 35.9 Å². The van der Waals surface area contributed by atoms with Gasteiger partial charge in [-0.3, -0.25) is 9.59 Å². The van der Waals surface area contributed by atoms with Crippen LogP contribution < -0.4 is 4.74 Å². The summed E-state index contributed by atoms with van der Waals surface area (Å²) in [5, 5.41) is 11.6. The fourth-order valence-corrected chi connectivity index (χ4v) is 3.67. The molecule has 3 rings (SSSR count). The van der Waals surface area contributed by atoms with E-state index in [9.17, 15) is 14.7 Å². The molecule has 1 aliphatic rings. The summed E-state index contributed by atoms with van der Waals surface area (Å²) in [5.41, 5.74) is 1.11. The first-order valence-electron chi connectivity index (χ1n) is 10.2. The summed E-state index contributed by atoms with van der Waals surface area (Å²) in [7, 11) is 0. The molecule has 0 bridgehead atoms. The van der Waals surface area contributed by atoms with E-state index in [1.165, 1.54) is 4.90 Å². The number of nitrogens with zero attached hydrogens (tertiary/aromatic N) is 1. The zero-order valence-corrected chi connectivity index (χ0v) is 18.6. The van der Waals surface area contributed by atoms with Crippen molar-refractivity contribution < 1.29 is 24.2 Å². The largest absolute Gasteiger partial charge is 0.507 e. The SMILES string of the molecule is CCOc1cccc(/C(O)=C2/C(=O)C(=O)N(CCOC(C)C)C2c2ccc(Cl)cc2)c1. The van der Waals surface area contributed by atoms with Crippen LogP contribution in [0.25, 0.3) is 5.76 Å². The molecule has 1 aliphatic heterocycles. The summed E-state index contributed by atoms with van der Waals surface area (Å²) in [5.74, 6) is -1.08. The van der Waals surface area contributed by atoms with Gasteiger partial charge in [-0.2, -0.15) is 0 Å². The van der Waals surface area contributed by atoms with Crippen LogP contribution in [-0.4, -0.2) is 47.6 Å². The number of aliphatic hydroxyl groups is 1. The van der Waals surface area contributed by atoms with E-state index in [4.69, 9.17) is 21.1 Å². The molecule has 2 aromatic carbocycles. The van der Waals surface area contributed by atoms with E-state index in [2.05, 4.69) is 0 Å². The summed E-state index contributed by atoms with van der Waals surface area (Å²) in [4.78, 5) is 27.3. The molecule has 1 amide bonds. The number of ether oxygens (including phenoxy) is 2. The van der Waals surface area contributed by atoms with Crippen molar-refractivity contribution in [1.29, 1.82) is 0 Å². The summed E-state index contributed by atoms with van der Waals surface area (Å²) in [6.45, 7) is 6.61. The first-order valence-corrected chi connectivity index (χ1v) is 10.6. The molecule has 7 heteroatoms. The van der Waals surface area contributed by atoms with Crippen LogP contribution >= 0.6 is 11.6 Å². The highest BCUT2D eigenvalue weighted by Gasteiger charge is 2.45. The van der Waals surface area contributed by atoms with Gasteiger partial charge in [0.05, 0.1) is 30.9 Å². The molecule has 164 valence electrons. The van der Waals surface area contributed by atoms with Gasteiger partial charge in [-0.15, -0.1) is 0 Å². The number of ketones is 1. The molecule has 0 radical (unpaired) electrons. The number of halogens is 1. The fourth-order valence-electron chi connectivity index (χ4n) is 3.54. The average Bonchev–Trinajstić information content (AvgIpc) is 2.99. The molecular weight excluding hydrogens is 418 g/mol. The van der Waals surface area contributed by atoms with Crippen molar-refractivity contribution in [3.8, 4) is 5.75 Å². The van der Waals surface area contributed by atoms with Crippen LogP contribution in [0.3, 0.4) is 0 Å². The maximum atomic E-state index is 13.0. The number of benzene rings is 2. The molecule has 1 heterocycles. The molecule has 0 aromatic heterocycles. The maximum absolute atomic E-state index is 13.0. The van der Waals surface area contributed by atoms with E-state index in [0.29, 0.717) is 28.5 Å². The Bertz CT molecular complexity index is 984. The van der Waals surface area contributed by atoms with Crippen LogP contribution in [-0.2, 0) is 14.3 Å². The number of Topliss-reactive ketones (excluding diaryl/α,β-unsaturated/α-hetero) is 1. The molecule has 0 aliphatic carbocycles. The Morgan fingerprint density at radius 1 is 1.16 bits per heavy atom. The van der Waals surface area contributed by atoms with Crippen molar-refractivity contribution in [1.82, 2.24) is 4.90 Å². The third-order valence-electron chi connectivity index (χ3n) is 4.93. The molecule has 1 N–H and O–H groups in total. The molecule has 1 unspecified atom stereocenters. The standard InChI is InChI=1S/C24H26ClNO5/c1-4-30-19-7-5-6-17(14-19)22(27)20-21(16-8-10-18(25)11-9-16)26(24(29)23(20)28)12-13-31-15(2)3/h5-11,14-15,21,27H,4,12-13H2,1-3H3/b22-20-. The second-order valence-electron chi connectivity index (χ2n) is 7.42. The lowest BCUT2D eigenvalue weighted by molar-refractivity contribution is -0.140. The van der Waals surface area contributed by atoms with E-state index in [0.717, 1.165) is 0 Å². The van der Waals surface area contributed by atoms with Crippen LogP contribution in [0.5, 0.6) is 5.75 Å². The second-order valence-corrected chi connectivity index (χ2v) is 7.86. The highest BCUT2D eigenvalue weighted by Crippen LogP contribution is 2.39. The van der Waals surface area contributed by atoms with Crippen LogP contribution in [0, 0.1) is 0 Å². The van der Waals surface area contributed by atoms with E-state index < -0.39 is 17.7 Å². The van der Waals surface area contributed by atoms with Gasteiger partial charge in [0.25, 0.3) is 11.7 Å². The number of aliphatic hydroxyl groups excluding tert-OH is 1. The van der Waals surface area contributed by atoms with Crippen molar-refractivity contribution in [2.24, 2.45) is 0 Å². The summed E-state index contributed by atoms with van der Waals surface area (Å²) < 4.78 is 11.1. The van der Waals surface area contributed by atoms with Gasteiger partial charge in [-0.05, 0) is 50.6 Å². The first-order chi connectivity index (χ1) is 14.8. The van der Waals surface area contributed by atoms with Crippen LogP contribution in [0.15, 0.2) is 54.1 Å². The van der Waals surface area contributed by atoms with E-state index in [1.807, 2.05) is 20.8 Å². The molecular formula is C24H26ClNO5. The van der Waals surface area contributed by atoms with E-state index in [1.54, 1.807) is 48.5 Å². The van der Waals surface area contributed by atoms with E-state index >= 15 is 0 Å². The van der Waals surface area contributed by atoms with Gasteiger partial charge in [0.2, 0.25) is 0 Å². The van der Waals surface area contributed by atoms with Gasteiger partial charge in [0.1, 0.15) is 11.5 Å². The van der Waals surface area contributed by atoms with Crippen molar-refractivity contribution in [3.05, 3.63) is 70.3 Å². The van der Waals surface area contributed by atoms with E-state index in [-0.39, 0.29) is 30.6 Å². The summed E-state index contributed by atoms with van der Waals surface area (Å²) in [6.07, 6.45) is -0.00731. The predicted octanol–water partition coefficient (Wildman–Crippen LogP) is 4.59. The number of rotatable bonds is 8. The Labute approximate surface area is 187 Å². The molecule has 31 heavy (non-hydrogen) atoms. The zero-order valence-electron chi connectivity index (χ0n) is 17.8. The summed E-state index contributed by atoms with van der Waals surface area (Å²) >= 11 is 6.03. The van der Waals surface area contributed by atoms with Gasteiger partial charge < -0.3 is 19.5 Å². The van der Waals surface area contributed by atoms with Gasteiger partial charge in [0.15, 0.2) is 0 Å².